The Labute approximate surface area is 352 Å². The topological polar surface area (TPSA) is 246 Å². The van der Waals surface area contributed by atoms with Gasteiger partial charge in [-0.25, -0.2) is 14.6 Å². The van der Waals surface area contributed by atoms with Crippen LogP contribution in [0.5, 0.6) is 0 Å². The van der Waals surface area contributed by atoms with Crippen LogP contribution in [0, 0.1) is 5.92 Å². The van der Waals surface area contributed by atoms with Crippen LogP contribution in [0.1, 0.15) is 83.5 Å². The van der Waals surface area contributed by atoms with E-state index in [1.807, 2.05) is 21.6 Å². The standard InChI is InChI=1S/C39H70N8O11S/c48-34(7-4-3-6-33-38-32(28-59-33)42-39(54)43-38)40-13-5-1-2-8-35(49)41-30-11-9-29(10-12-30)24-31-25-46(26-36(50)51)17-16-44(20-22-57-55)14-15-45(21-23-58-56)18-19-47(31)27-37(52)53/h29-33,38,55-56H,1-28H2,(H,40,48)(H,41,49)(H,50,51)(H,52,53)(H2,42,43,54). The smallest absolute Gasteiger partial charge is 0.317 e. The molecule has 59 heavy (non-hydrogen) atoms. The number of nitrogens with one attached hydrogen (secondary N) is 4. The molecule has 0 radical (unpaired) electrons. The third-order valence-corrected chi connectivity index (χ3v) is 13.7. The van der Waals surface area contributed by atoms with Crippen molar-refractivity contribution in [2.45, 2.75) is 113 Å². The Morgan fingerprint density at radius 3 is 2.03 bits per heavy atom. The van der Waals surface area contributed by atoms with Gasteiger partial charge in [-0.15, -0.1) is 0 Å². The molecule has 4 atom stereocenters. The molecule has 0 aromatic heterocycles. The number of carboxylic acids is 2. The van der Waals surface area contributed by atoms with Gasteiger partial charge in [0, 0.05) is 101 Å². The Balaban J connectivity index is 1.16. The van der Waals surface area contributed by atoms with Crippen LogP contribution in [-0.2, 0) is 29.0 Å². The SMILES string of the molecule is O=C(O)CN1CCN(CCOO)CCN(CCOO)CCN(CC(=O)O)C(CC2CCC(NC(=O)CCCCCNC(=O)CCCCC3SCC4NC(=O)NC43)CC2)C1. The van der Waals surface area contributed by atoms with Gasteiger partial charge in [0.05, 0.1) is 38.4 Å². The van der Waals surface area contributed by atoms with Crippen molar-refractivity contribution in [3.63, 3.8) is 0 Å². The highest BCUT2D eigenvalue weighted by atomic mass is 32.2. The molecule has 3 aliphatic heterocycles. The summed E-state index contributed by atoms with van der Waals surface area (Å²) in [4.78, 5) is 77.5. The zero-order valence-electron chi connectivity index (χ0n) is 34.6. The van der Waals surface area contributed by atoms with E-state index in [9.17, 15) is 34.2 Å². The van der Waals surface area contributed by atoms with Gasteiger partial charge >= 0.3 is 18.0 Å². The van der Waals surface area contributed by atoms with Gasteiger partial charge < -0.3 is 31.5 Å². The number of rotatable bonds is 24. The van der Waals surface area contributed by atoms with E-state index in [1.54, 1.807) is 0 Å². The van der Waals surface area contributed by atoms with E-state index in [0.717, 1.165) is 70.0 Å². The Hall–Kier alpha value is -2.82. The maximum absolute atomic E-state index is 12.8. The van der Waals surface area contributed by atoms with E-state index in [1.165, 1.54) is 0 Å². The van der Waals surface area contributed by atoms with Gasteiger partial charge in [0.25, 0.3) is 0 Å². The van der Waals surface area contributed by atoms with Crippen molar-refractivity contribution in [3.05, 3.63) is 0 Å². The number of nitrogens with zero attached hydrogens (tertiary/aromatic N) is 4. The minimum Gasteiger partial charge on any atom is -0.480 e. The molecular formula is C39H70N8O11S. The maximum Gasteiger partial charge on any atom is 0.317 e. The minimum absolute atomic E-state index is 0.0317. The molecular weight excluding hydrogens is 789 g/mol. The van der Waals surface area contributed by atoms with Crippen LogP contribution < -0.4 is 21.3 Å². The summed E-state index contributed by atoms with van der Waals surface area (Å²) in [6.07, 6.45) is 10.2. The second-order valence-electron chi connectivity index (χ2n) is 16.5. The van der Waals surface area contributed by atoms with Crippen LogP contribution >= 0.6 is 11.8 Å². The number of amides is 4. The molecule has 3 saturated heterocycles. The van der Waals surface area contributed by atoms with E-state index in [4.69, 9.17) is 10.5 Å². The average molecular weight is 859 g/mol. The first-order valence-electron chi connectivity index (χ1n) is 21.6. The highest BCUT2D eigenvalue weighted by Gasteiger charge is 2.42. The van der Waals surface area contributed by atoms with Crippen LogP contribution in [0.3, 0.4) is 0 Å². The average Bonchev–Trinajstić information content (AvgIpc) is 3.76. The van der Waals surface area contributed by atoms with Crippen molar-refractivity contribution < 1.29 is 54.5 Å². The van der Waals surface area contributed by atoms with Gasteiger partial charge in [0.1, 0.15) is 0 Å². The fraction of sp³-hybridized carbons (Fsp3) is 0.872. The van der Waals surface area contributed by atoms with Gasteiger partial charge in [0.15, 0.2) is 0 Å². The normalized spacial score (nSPS) is 26.6. The third-order valence-electron chi connectivity index (χ3n) is 12.1. The lowest BCUT2D eigenvalue weighted by Crippen LogP contribution is -2.53. The quantitative estimate of drug-likeness (QED) is 0.0294. The Morgan fingerprint density at radius 2 is 1.37 bits per heavy atom. The molecule has 4 rings (SSSR count). The molecule has 338 valence electrons. The number of thioether (sulfide) groups is 1. The van der Waals surface area contributed by atoms with Crippen LogP contribution in [0.25, 0.3) is 0 Å². The molecule has 20 heteroatoms. The van der Waals surface area contributed by atoms with Crippen molar-refractivity contribution >= 4 is 41.5 Å². The second-order valence-corrected chi connectivity index (χ2v) is 17.8. The van der Waals surface area contributed by atoms with Gasteiger partial charge in [-0.3, -0.25) is 49.3 Å². The molecule has 0 aromatic carbocycles. The lowest BCUT2D eigenvalue weighted by molar-refractivity contribution is -0.245. The van der Waals surface area contributed by atoms with Gasteiger partial charge in [-0.1, -0.05) is 12.8 Å². The molecule has 4 fully saturated rings. The number of hydrogen-bond donors (Lipinski definition) is 8. The van der Waals surface area contributed by atoms with Crippen molar-refractivity contribution in [1.82, 2.24) is 40.9 Å². The predicted octanol–water partition coefficient (Wildman–Crippen LogP) is 1.19. The first-order chi connectivity index (χ1) is 28.5. The van der Waals surface area contributed by atoms with Crippen molar-refractivity contribution in [1.29, 1.82) is 0 Å². The first kappa shape index (κ1) is 48.8. The number of aliphatic carboxylic acids is 2. The molecule has 3 heterocycles. The fourth-order valence-electron chi connectivity index (χ4n) is 8.88. The van der Waals surface area contributed by atoms with Crippen molar-refractivity contribution in [2.75, 3.05) is 97.5 Å². The van der Waals surface area contributed by atoms with E-state index in [2.05, 4.69) is 40.8 Å². The van der Waals surface area contributed by atoms with Crippen LogP contribution in [-0.4, -0.2) is 197 Å². The Kier molecular flexibility index (Phi) is 22.5. The largest absolute Gasteiger partial charge is 0.480 e. The summed E-state index contributed by atoms with van der Waals surface area (Å²) in [5.41, 5.74) is 0. The van der Waals surface area contributed by atoms with Crippen LogP contribution in [0.15, 0.2) is 0 Å². The lowest BCUT2D eigenvalue weighted by Gasteiger charge is -2.40. The summed E-state index contributed by atoms with van der Waals surface area (Å²) in [5, 5.41) is 50.3. The molecule has 0 spiro atoms. The number of carbonyl (C=O) groups is 5. The minimum atomic E-state index is -0.959. The molecule has 4 unspecified atom stereocenters. The highest BCUT2D eigenvalue weighted by molar-refractivity contribution is 8.00. The summed E-state index contributed by atoms with van der Waals surface area (Å²) in [7, 11) is 0. The number of unbranched alkanes of at least 4 members (excludes halogenated alkanes) is 3. The Morgan fingerprint density at radius 1 is 0.746 bits per heavy atom. The van der Waals surface area contributed by atoms with E-state index in [0.29, 0.717) is 90.0 Å². The van der Waals surface area contributed by atoms with E-state index < -0.39 is 11.9 Å². The van der Waals surface area contributed by atoms with Gasteiger partial charge in [-0.05, 0) is 63.7 Å². The molecule has 4 aliphatic rings. The van der Waals surface area contributed by atoms with E-state index in [-0.39, 0.29) is 74.2 Å². The molecule has 1 saturated carbocycles. The zero-order chi connectivity index (χ0) is 42.4. The number of carboxylic acid groups (broad SMARTS) is 2. The first-order valence-corrected chi connectivity index (χ1v) is 22.7. The summed E-state index contributed by atoms with van der Waals surface area (Å²) < 4.78 is 0. The number of carbonyl (C=O) groups excluding carboxylic acids is 3. The van der Waals surface area contributed by atoms with E-state index >= 15 is 0 Å². The fourth-order valence-corrected chi connectivity index (χ4v) is 10.4. The van der Waals surface area contributed by atoms with Crippen LogP contribution in [0.4, 0.5) is 4.79 Å². The summed E-state index contributed by atoms with van der Waals surface area (Å²) in [5.74, 6) is -0.610. The summed E-state index contributed by atoms with van der Waals surface area (Å²) in [6.45, 7) is 4.81. The van der Waals surface area contributed by atoms with Crippen LogP contribution in [0.2, 0.25) is 0 Å². The van der Waals surface area contributed by atoms with Crippen molar-refractivity contribution in [2.24, 2.45) is 5.92 Å². The summed E-state index contributed by atoms with van der Waals surface area (Å²) in [6, 6.07) is 0.189. The predicted molar refractivity (Wildman–Crippen MR) is 221 cm³/mol. The van der Waals surface area contributed by atoms with Crippen molar-refractivity contribution in [3.8, 4) is 0 Å². The van der Waals surface area contributed by atoms with Gasteiger partial charge in [0.2, 0.25) is 11.8 Å². The molecule has 19 nitrogen and oxygen atoms in total. The Bertz CT molecular complexity index is 1300. The highest BCUT2D eigenvalue weighted by Crippen LogP contribution is 2.33. The second kappa shape index (κ2) is 27.2. The van der Waals surface area contributed by atoms with Gasteiger partial charge in [-0.2, -0.15) is 11.8 Å². The number of hydrogen-bond acceptors (Lipinski definition) is 14. The summed E-state index contributed by atoms with van der Waals surface area (Å²) >= 11 is 1.89. The molecule has 4 amide bonds. The lowest BCUT2D eigenvalue weighted by atomic mass is 9.81. The molecule has 0 aromatic rings. The molecule has 0 bridgehead atoms. The number of urea groups is 1. The number of fused-ring (bicyclic) bond motifs is 1. The zero-order valence-corrected chi connectivity index (χ0v) is 35.4. The molecule has 8 N–H and O–H groups in total. The molecule has 1 aliphatic carbocycles. The maximum atomic E-state index is 12.8. The monoisotopic (exact) mass is 858 g/mol. The third kappa shape index (κ3) is 18.8.